The maximum Gasteiger partial charge on any atom is 0.245 e. The molecule has 1 aliphatic rings. The molecule has 2 aromatic carbocycles. The molecule has 0 radical (unpaired) electrons. The van der Waals surface area contributed by atoms with Gasteiger partial charge in [-0.1, -0.05) is 68.1 Å². The molecule has 4 rings (SSSR count). The molecule has 1 aliphatic heterocycles. The van der Waals surface area contributed by atoms with E-state index in [9.17, 15) is 9.59 Å². The average Bonchev–Trinajstić information content (AvgIpc) is 3.43. The minimum absolute atomic E-state index is 0.0612. The molecule has 202 valence electrons. The van der Waals surface area contributed by atoms with E-state index < -0.39 is 6.04 Å². The predicted molar refractivity (Wildman–Crippen MR) is 149 cm³/mol. The van der Waals surface area contributed by atoms with Crippen LogP contribution in [0.4, 0.5) is 0 Å². The number of methoxy groups -OCH3 is 1. The summed E-state index contributed by atoms with van der Waals surface area (Å²) in [4.78, 5) is 35.6. The number of unbranched alkanes of at least 4 members (excludes halogenated alkanes) is 2. The highest BCUT2D eigenvalue weighted by Gasteiger charge is 2.48. The fourth-order valence-corrected chi connectivity index (χ4v) is 5.60. The summed E-state index contributed by atoms with van der Waals surface area (Å²) in [6, 6.07) is 14.9. The number of aryl methyl sites for hydroxylation is 1. The van der Waals surface area contributed by atoms with Crippen molar-refractivity contribution in [1.82, 2.24) is 20.2 Å². The van der Waals surface area contributed by atoms with Gasteiger partial charge in [-0.3, -0.25) is 9.59 Å². The van der Waals surface area contributed by atoms with Crippen LogP contribution in [0.25, 0.3) is 0 Å². The first-order chi connectivity index (χ1) is 18.4. The van der Waals surface area contributed by atoms with Gasteiger partial charge in [-0.25, -0.2) is 4.98 Å². The van der Waals surface area contributed by atoms with Gasteiger partial charge < -0.3 is 19.9 Å². The molecule has 1 saturated heterocycles. The van der Waals surface area contributed by atoms with Crippen LogP contribution >= 0.6 is 11.6 Å². The predicted octanol–water partition coefficient (Wildman–Crippen LogP) is 5.09. The van der Waals surface area contributed by atoms with E-state index in [2.05, 4.69) is 28.3 Å². The number of imidazole rings is 1. The molecule has 1 fully saturated rings. The van der Waals surface area contributed by atoms with E-state index in [0.717, 1.165) is 53.3 Å². The van der Waals surface area contributed by atoms with Crippen LogP contribution in [0, 0.1) is 0 Å². The minimum atomic E-state index is -0.655. The number of H-pyrrole nitrogens is 1. The van der Waals surface area contributed by atoms with E-state index in [-0.39, 0.29) is 23.7 Å². The number of carbonyl (C=O) groups excluding carboxylic acids is 2. The molecule has 38 heavy (non-hydrogen) atoms. The number of amides is 2. The van der Waals surface area contributed by atoms with Crippen molar-refractivity contribution in [2.75, 3.05) is 20.2 Å². The Labute approximate surface area is 229 Å². The van der Waals surface area contributed by atoms with Gasteiger partial charge in [0.25, 0.3) is 0 Å². The minimum Gasteiger partial charge on any atom is -0.497 e. The van der Waals surface area contributed by atoms with E-state index in [1.54, 1.807) is 19.6 Å². The fourth-order valence-electron chi connectivity index (χ4n) is 5.26. The van der Waals surface area contributed by atoms with E-state index in [1.807, 2.05) is 47.4 Å². The highest BCUT2D eigenvalue weighted by Crippen LogP contribution is 2.42. The van der Waals surface area contributed by atoms with Gasteiger partial charge in [0.2, 0.25) is 11.8 Å². The first-order valence-corrected chi connectivity index (χ1v) is 13.8. The lowest BCUT2D eigenvalue weighted by Gasteiger charge is -2.52. The topological polar surface area (TPSA) is 87.3 Å². The smallest absolute Gasteiger partial charge is 0.245 e. The monoisotopic (exact) mass is 536 g/mol. The third-order valence-electron chi connectivity index (χ3n) is 7.41. The number of hydrogen-bond donors (Lipinski definition) is 2. The fraction of sp³-hybridized carbons (Fsp3) is 0.433. The van der Waals surface area contributed by atoms with Crippen LogP contribution in [0.1, 0.15) is 55.8 Å². The van der Waals surface area contributed by atoms with Crippen molar-refractivity contribution < 1.29 is 14.3 Å². The number of rotatable bonds is 13. The number of nitrogens with zero attached hydrogens (tertiary/aromatic N) is 2. The van der Waals surface area contributed by atoms with Crippen LogP contribution in [0.3, 0.4) is 0 Å². The van der Waals surface area contributed by atoms with Crippen molar-refractivity contribution in [1.29, 1.82) is 0 Å². The largest absolute Gasteiger partial charge is 0.497 e. The van der Waals surface area contributed by atoms with Crippen molar-refractivity contribution in [2.24, 2.45) is 0 Å². The first-order valence-electron chi connectivity index (χ1n) is 13.4. The molecule has 8 heteroatoms. The van der Waals surface area contributed by atoms with Crippen LogP contribution < -0.4 is 10.1 Å². The normalized spacial score (nSPS) is 15.0. The Morgan fingerprint density at radius 3 is 2.58 bits per heavy atom. The molecule has 0 aliphatic carbocycles. The van der Waals surface area contributed by atoms with Crippen molar-refractivity contribution >= 4 is 23.4 Å². The molecule has 0 unspecified atom stereocenters. The van der Waals surface area contributed by atoms with Crippen LogP contribution in [-0.4, -0.2) is 52.9 Å². The molecule has 0 saturated carbocycles. The summed E-state index contributed by atoms with van der Waals surface area (Å²) in [5.41, 5.74) is 2.80. The van der Waals surface area contributed by atoms with Crippen molar-refractivity contribution in [2.45, 2.75) is 63.3 Å². The second-order valence-electron chi connectivity index (χ2n) is 10.2. The Bertz CT molecular complexity index is 1190. The molecule has 7 nitrogen and oxygen atoms in total. The Hall–Kier alpha value is -3.32. The second kappa shape index (κ2) is 13.0. The lowest BCUT2D eigenvalue weighted by atomic mass is 9.70. The van der Waals surface area contributed by atoms with Crippen LogP contribution in [-0.2, 0) is 27.8 Å². The molecule has 0 spiro atoms. The van der Waals surface area contributed by atoms with E-state index in [4.69, 9.17) is 16.3 Å². The lowest BCUT2D eigenvalue weighted by Crippen LogP contribution is -2.65. The summed E-state index contributed by atoms with van der Waals surface area (Å²) in [5, 5.41) is 3.76. The number of aromatic amines is 1. The Balaban J connectivity index is 1.48. The SMILES string of the molecule is CCCCCC1(c2ccccc2Cl)CN(C(=O)[C@@H](Cc2ccc(OC)cc2)NC(=O)CCc2cnc[nH]2)C1. The third kappa shape index (κ3) is 6.76. The second-order valence-corrected chi connectivity index (χ2v) is 10.6. The van der Waals surface area contributed by atoms with Gasteiger partial charge in [0, 0.05) is 48.3 Å². The van der Waals surface area contributed by atoms with Gasteiger partial charge in [0.15, 0.2) is 0 Å². The number of halogens is 1. The van der Waals surface area contributed by atoms with E-state index in [1.165, 1.54) is 0 Å². The van der Waals surface area contributed by atoms with Gasteiger partial charge in [-0.15, -0.1) is 0 Å². The van der Waals surface area contributed by atoms with Crippen LogP contribution in [0.15, 0.2) is 61.1 Å². The Morgan fingerprint density at radius 2 is 1.92 bits per heavy atom. The quantitative estimate of drug-likeness (QED) is 0.298. The highest BCUT2D eigenvalue weighted by atomic mass is 35.5. The van der Waals surface area contributed by atoms with Crippen LogP contribution in [0.5, 0.6) is 5.75 Å². The number of ether oxygens (including phenoxy) is 1. The number of aromatic nitrogens is 2. The highest BCUT2D eigenvalue weighted by molar-refractivity contribution is 6.31. The maximum absolute atomic E-state index is 13.8. The number of benzene rings is 2. The number of likely N-dealkylation sites (tertiary alicyclic amines) is 1. The number of nitrogens with one attached hydrogen (secondary N) is 2. The molecule has 2 heterocycles. The van der Waals surface area contributed by atoms with Gasteiger partial charge in [-0.2, -0.15) is 0 Å². The lowest BCUT2D eigenvalue weighted by molar-refractivity contribution is -0.143. The molecule has 2 amide bonds. The maximum atomic E-state index is 13.8. The van der Waals surface area contributed by atoms with Gasteiger partial charge in [-0.05, 0) is 42.2 Å². The summed E-state index contributed by atoms with van der Waals surface area (Å²) in [5.74, 6) is 0.528. The first kappa shape index (κ1) is 27.7. The Kier molecular flexibility index (Phi) is 9.45. The molecule has 2 N–H and O–H groups in total. The molecular formula is C30H37ClN4O3. The van der Waals surface area contributed by atoms with Crippen molar-refractivity contribution in [3.05, 3.63) is 82.9 Å². The molecule has 1 aromatic heterocycles. The standard InChI is InChI=1S/C30H37ClN4O3/c1-3-4-7-16-30(25-8-5-6-9-26(25)31)19-35(20-30)29(37)27(17-22-10-13-24(38-2)14-11-22)34-28(36)15-12-23-18-32-21-33-23/h5-6,8-11,13-14,18,21,27H,3-4,7,12,15-17,19-20H2,1-2H3,(H,32,33)(H,34,36)/t27-/m1/s1. The summed E-state index contributed by atoms with van der Waals surface area (Å²) >= 11 is 6.62. The Morgan fingerprint density at radius 1 is 1.16 bits per heavy atom. The molecule has 1 atom stereocenters. The summed E-state index contributed by atoms with van der Waals surface area (Å²) < 4.78 is 5.27. The zero-order valence-electron chi connectivity index (χ0n) is 22.2. The van der Waals surface area contributed by atoms with Crippen molar-refractivity contribution in [3.63, 3.8) is 0 Å². The summed E-state index contributed by atoms with van der Waals surface area (Å²) in [6.45, 7) is 3.39. The summed E-state index contributed by atoms with van der Waals surface area (Å²) in [6.07, 6.45) is 8.87. The number of carbonyl (C=O) groups is 2. The van der Waals surface area contributed by atoms with Gasteiger partial charge in [0.05, 0.1) is 13.4 Å². The van der Waals surface area contributed by atoms with E-state index in [0.29, 0.717) is 25.9 Å². The van der Waals surface area contributed by atoms with Gasteiger partial charge >= 0.3 is 0 Å². The zero-order chi connectivity index (χ0) is 27.0. The summed E-state index contributed by atoms with van der Waals surface area (Å²) in [7, 11) is 1.62. The van der Waals surface area contributed by atoms with E-state index >= 15 is 0 Å². The zero-order valence-corrected chi connectivity index (χ0v) is 23.0. The molecule has 0 bridgehead atoms. The van der Waals surface area contributed by atoms with Crippen molar-refractivity contribution in [3.8, 4) is 5.75 Å². The molecule has 3 aromatic rings. The average molecular weight is 537 g/mol. The van der Waals surface area contributed by atoms with Gasteiger partial charge in [0.1, 0.15) is 11.8 Å². The number of hydrogen-bond acceptors (Lipinski definition) is 4. The third-order valence-corrected chi connectivity index (χ3v) is 7.74. The molecular weight excluding hydrogens is 500 g/mol. The van der Waals surface area contributed by atoms with Crippen LogP contribution in [0.2, 0.25) is 5.02 Å².